The van der Waals surface area contributed by atoms with Gasteiger partial charge in [-0.2, -0.15) is 0 Å². The minimum Gasteiger partial charge on any atom is -0.396 e. The lowest BCUT2D eigenvalue weighted by atomic mass is 9.90. The normalized spacial score (nSPS) is 16.7. The molecule has 174 valence electrons. The molecular weight excluding hydrogens is 418 g/mol. The number of aliphatic hydroxyl groups is 1. The van der Waals surface area contributed by atoms with E-state index in [2.05, 4.69) is 95.9 Å². The zero-order valence-electron chi connectivity index (χ0n) is 19.7. The Kier molecular flexibility index (Phi) is 7.35. The van der Waals surface area contributed by atoms with Crippen molar-refractivity contribution in [2.24, 2.45) is 0 Å². The van der Waals surface area contributed by atoms with E-state index < -0.39 is 0 Å². The first-order valence-corrected chi connectivity index (χ1v) is 12.4. The second-order valence-electron chi connectivity index (χ2n) is 9.17. The number of unbranched alkanes of at least 4 members (excludes halogenated alkanes) is 2. The smallest absolute Gasteiger partial charge is 0.0724 e. The lowest BCUT2D eigenvalue weighted by Gasteiger charge is -2.34. The van der Waals surface area contributed by atoms with Crippen molar-refractivity contribution in [2.45, 2.75) is 38.5 Å². The maximum absolute atomic E-state index is 9.26. The molecule has 0 fully saturated rings. The largest absolute Gasteiger partial charge is 0.396 e. The average molecular weight is 452 g/mol. The number of hydrogen-bond acceptors (Lipinski definition) is 3. The van der Waals surface area contributed by atoms with Crippen LogP contribution in [0.2, 0.25) is 0 Å². The summed E-state index contributed by atoms with van der Waals surface area (Å²) in [7, 11) is 0. The highest BCUT2D eigenvalue weighted by molar-refractivity contribution is 5.99. The van der Waals surface area contributed by atoms with Gasteiger partial charge in [0, 0.05) is 13.2 Å². The standard InChI is InChI=1S/C31H33NO2/c33-20-10-2-9-19-32-21-26-14-6-8-16-29(26)31-27(18-17-24-11-5-7-15-28(24)31)22-34-23-30(32)25-12-3-1-4-13-25/h1,3-8,11-18,30,33H,2,9-10,19-23H2/t30-/m0/s1. The molecule has 0 aliphatic carbocycles. The SMILES string of the molecule is OCCCCCN1Cc2ccccc2-c2c(ccc3ccccc23)COC[C@H]1c1ccccc1. The van der Waals surface area contributed by atoms with Gasteiger partial charge in [-0.05, 0) is 64.4 Å². The van der Waals surface area contributed by atoms with Crippen molar-refractivity contribution in [1.82, 2.24) is 4.90 Å². The van der Waals surface area contributed by atoms with Gasteiger partial charge in [0.25, 0.3) is 0 Å². The quantitative estimate of drug-likeness (QED) is 0.329. The molecule has 5 rings (SSSR count). The number of hydrogen-bond donors (Lipinski definition) is 1. The molecule has 0 saturated heterocycles. The highest BCUT2D eigenvalue weighted by Crippen LogP contribution is 2.37. The molecular formula is C31H33NO2. The summed E-state index contributed by atoms with van der Waals surface area (Å²) in [6.07, 6.45) is 2.95. The molecule has 0 saturated carbocycles. The van der Waals surface area contributed by atoms with Crippen LogP contribution in [0.3, 0.4) is 0 Å². The third-order valence-corrected chi connectivity index (χ3v) is 6.94. The number of aliphatic hydroxyl groups excluding tert-OH is 1. The highest BCUT2D eigenvalue weighted by atomic mass is 16.5. The van der Waals surface area contributed by atoms with Gasteiger partial charge in [-0.1, -0.05) is 91.0 Å². The Morgan fingerprint density at radius 3 is 2.44 bits per heavy atom. The lowest BCUT2D eigenvalue weighted by molar-refractivity contribution is 0.0443. The number of nitrogens with zero attached hydrogens (tertiary/aromatic N) is 1. The summed E-state index contributed by atoms with van der Waals surface area (Å²) in [6, 6.07) is 32.9. The van der Waals surface area contributed by atoms with E-state index in [0.29, 0.717) is 13.2 Å². The van der Waals surface area contributed by atoms with Crippen LogP contribution >= 0.6 is 0 Å². The molecule has 4 aromatic rings. The van der Waals surface area contributed by atoms with Gasteiger partial charge in [0.15, 0.2) is 0 Å². The Morgan fingerprint density at radius 1 is 0.765 bits per heavy atom. The summed E-state index contributed by atoms with van der Waals surface area (Å²) in [6.45, 7) is 3.34. The van der Waals surface area contributed by atoms with E-state index in [1.165, 1.54) is 38.6 Å². The van der Waals surface area contributed by atoms with Gasteiger partial charge in [-0.25, -0.2) is 0 Å². The average Bonchev–Trinajstić information content (AvgIpc) is 2.89. The molecule has 1 atom stereocenters. The van der Waals surface area contributed by atoms with Crippen LogP contribution in [-0.2, 0) is 17.9 Å². The Bertz CT molecular complexity index is 1220. The molecule has 0 unspecified atom stereocenters. The maximum atomic E-state index is 9.26. The van der Waals surface area contributed by atoms with Crippen LogP contribution in [0.15, 0.2) is 91.0 Å². The first kappa shape index (κ1) is 22.8. The summed E-state index contributed by atoms with van der Waals surface area (Å²) < 4.78 is 6.44. The first-order chi connectivity index (χ1) is 16.8. The van der Waals surface area contributed by atoms with Gasteiger partial charge < -0.3 is 9.84 Å². The monoisotopic (exact) mass is 451 g/mol. The second-order valence-corrected chi connectivity index (χ2v) is 9.17. The topological polar surface area (TPSA) is 32.7 Å². The predicted molar refractivity (Wildman–Crippen MR) is 140 cm³/mol. The molecule has 0 aromatic heterocycles. The minimum atomic E-state index is 0.186. The third-order valence-electron chi connectivity index (χ3n) is 6.94. The molecule has 0 amide bonds. The van der Waals surface area contributed by atoms with E-state index in [1.54, 1.807) is 0 Å². The van der Waals surface area contributed by atoms with Crippen LogP contribution in [0, 0.1) is 0 Å². The van der Waals surface area contributed by atoms with Crippen molar-refractivity contribution in [1.29, 1.82) is 0 Å². The molecule has 1 aliphatic rings. The molecule has 0 spiro atoms. The van der Waals surface area contributed by atoms with Crippen molar-refractivity contribution in [3.63, 3.8) is 0 Å². The van der Waals surface area contributed by atoms with Gasteiger partial charge in [0.1, 0.15) is 0 Å². The fourth-order valence-electron chi connectivity index (χ4n) is 5.19. The first-order valence-electron chi connectivity index (χ1n) is 12.4. The summed E-state index contributed by atoms with van der Waals surface area (Å²) >= 11 is 0. The highest BCUT2D eigenvalue weighted by Gasteiger charge is 2.24. The maximum Gasteiger partial charge on any atom is 0.0724 e. The van der Waals surface area contributed by atoms with Crippen LogP contribution in [0.1, 0.15) is 42.0 Å². The van der Waals surface area contributed by atoms with E-state index in [4.69, 9.17) is 4.74 Å². The minimum absolute atomic E-state index is 0.186. The van der Waals surface area contributed by atoms with Crippen LogP contribution in [0.5, 0.6) is 0 Å². The van der Waals surface area contributed by atoms with Crippen molar-refractivity contribution in [2.75, 3.05) is 19.8 Å². The molecule has 1 heterocycles. The Hall–Kier alpha value is -2.98. The third kappa shape index (κ3) is 4.92. The molecule has 4 aromatic carbocycles. The zero-order chi connectivity index (χ0) is 23.2. The van der Waals surface area contributed by atoms with Gasteiger partial charge >= 0.3 is 0 Å². The number of rotatable bonds is 6. The van der Waals surface area contributed by atoms with E-state index in [9.17, 15) is 5.11 Å². The van der Waals surface area contributed by atoms with Crippen molar-refractivity contribution < 1.29 is 9.84 Å². The van der Waals surface area contributed by atoms with Gasteiger partial charge in [0.05, 0.1) is 19.3 Å². The molecule has 0 radical (unpaired) electrons. The van der Waals surface area contributed by atoms with E-state index in [0.717, 1.165) is 32.4 Å². The van der Waals surface area contributed by atoms with Crippen LogP contribution in [0.4, 0.5) is 0 Å². The molecule has 34 heavy (non-hydrogen) atoms. The summed E-state index contributed by atoms with van der Waals surface area (Å²) in [5.74, 6) is 0. The second kappa shape index (κ2) is 11.0. The Balaban J connectivity index is 1.59. The number of ether oxygens (including phenoxy) is 1. The van der Waals surface area contributed by atoms with Crippen LogP contribution in [0.25, 0.3) is 21.9 Å². The number of benzene rings is 4. The fourth-order valence-corrected chi connectivity index (χ4v) is 5.19. The zero-order valence-corrected chi connectivity index (χ0v) is 19.7. The summed E-state index contributed by atoms with van der Waals surface area (Å²) in [5.41, 5.74) is 6.49. The Labute approximate surface area is 202 Å². The van der Waals surface area contributed by atoms with Crippen molar-refractivity contribution in [3.8, 4) is 11.1 Å². The predicted octanol–water partition coefficient (Wildman–Crippen LogP) is 6.74. The van der Waals surface area contributed by atoms with Crippen LogP contribution in [-0.4, -0.2) is 29.8 Å². The van der Waals surface area contributed by atoms with E-state index in [1.807, 2.05) is 0 Å². The summed E-state index contributed by atoms with van der Waals surface area (Å²) in [5, 5.41) is 11.8. The van der Waals surface area contributed by atoms with Gasteiger partial charge in [0.2, 0.25) is 0 Å². The molecule has 3 nitrogen and oxygen atoms in total. The van der Waals surface area contributed by atoms with Crippen molar-refractivity contribution >= 4 is 10.8 Å². The number of fused-ring (bicyclic) bond motifs is 5. The van der Waals surface area contributed by atoms with E-state index >= 15 is 0 Å². The molecule has 0 bridgehead atoms. The fraction of sp³-hybridized carbons (Fsp3) is 0.290. The molecule has 3 heteroatoms. The van der Waals surface area contributed by atoms with Crippen LogP contribution < -0.4 is 0 Å². The van der Waals surface area contributed by atoms with Crippen molar-refractivity contribution in [3.05, 3.63) is 108 Å². The Morgan fingerprint density at radius 2 is 1.56 bits per heavy atom. The van der Waals surface area contributed by atoms with E-state index in [-0.39, 0.29) is 12.6 Å². The molecule has 1 N–H and O–H groups in total. The lowest BCUT2D eigenvalue weighted by Crippen LogP contribution is -2.33. The summed E-state index contributed by atoms with van der Waals surface area (Å²) in [4.78, 5) is 2.57. The van der Waals surface area contributed by atoms with Gasteiger partial charge in [-0.15, -0.1) is 0 Å². The van der Waals surface area contributed by atoms with Gasteiger partial charge in [-0.3, -0.25) is 4.90 Å². The molecule has 1 aliphatic heterocycles.